The van der Waals surface area contributed by atoms with Gasteiger partial charge in [-0.3, -0.25) is 9.69 Å². The van der Waals surface area contributed by atoms with Crippen LogP contribution >= 0.6 is 0 Å². The van der Waals surface area contributed by atoms with Gasteiger partial charge < -0.3 is 14.8 Å². The second-order valence-corrected chi connectivity index (χ2v) is 9.37. The minimum atomic E-state index is -5.07. The number of methoxy groups -OCH3 is 1. The highest BCUT2D eigenvalue weighted by molar-refractivity contribution is 6.07. The monoisotopic (exact) mass is 584 g/mol. The van der Waals surface area contributed by atoms with Gasteiger partial charge in [0.1, 0.15) is 11.6 Å². The number of benzene rings is 3. The second-order valence-electron chi connectivity index (χ2n) is 9.37. The molecule has 1 aliphatic heterocycles. The largest absolute Gasteiger partial charge is 0.497 e. The van der Waals surface area contributed by atoms with Crippen LogP contribution in [0, 0.1) is 5.82 Å². The quantitative estimate of drug-likeness (QED) is 0.240. The van der Waals surface area contributed by atoms with Crippen LogP contribution in [-0.2, 0) is 34.0 Å². The second kappa shape index (κ2) is 11.0. The van der Waals surface area contributed by atoms with Crippen molar-refractivity contribution >= 4 is 11.9 Å². The number of amides is 3. The fourth-order valence-corrected chi connectivity index (χ4v) is 4.35. The van der Waals surface area contributed by atoms with Gasteiger partial charge >= 0.3 is 18.4 Å². The highest BCUT2D eigenvalue weighted by Crippen LogP contribution is 2.39. The van der Waals surface area contributed by atoms with Crippen molar-refractivity contribution in [3.63, 3.8) is 0 Å². The molecule has 2 atom stereocenters. The number of imide groups is 1. The number of nitrogens with one attached hydrogen (secondary N) is 1. The van der Waals surface area contributed by atoms with E-state index in [9.17, 15) is 40.3 Å². The summed E-state index contributed by atoms with van der Waals surface area (Å²) in [5.41, 5.74) is -4.79. The van der Waals surface area contributed by atoms with Crippen molar-refractivity contribution in [3.05, 3.63) is 100 Å². The summed E-state index contributed by atoms with van der Waals surface area (Å²) < 4.78 is 105. The van der Waals surface area contributed by atoms with Gasteiger partial charge in [-0.05, 0) is 66.1 Å². The van der Waals surface area contributed by atoms with Crippen molar-refractivity contribution in [3.8, 4) is 5.75 Å². The molecule has 218 valence electrons. The van der Waals surface area contributed by atoms with Crippen molar-refractivity contribution in [1.82, 2.24) is 10.2 Å². The van der Waals surface area contributed by atoms with Gasteiger partial charge in [0.2, 0.25) is 0 Å². The summed E-state index contributed by atoms with van der Waals surface area (Å²) in [5.74, 6) is -0.914. The smallest absolute Gasteiger partial charge is 0.416 e. The summed E-state index contributed by atoms with van der Waals surface area (Å²) in [6.45, 7) is 0.362. The first-order chi connectivity index (χ1) is 19.1. The van der Waals surface area contributed by atoms with Crippen LogP contribution in [0.1, 0.15) is 40.8 Å². The molecule has 1 fully saturated rings. The molecule has 0 bridgehead atoms. The maximum atomic E-state index is 13.7. The van der Waals surface area contributed by atoms with Gasteiger partial charge in [-0.15, -0.1) is 0 Å². The maximum absolute atomic E-state index is 13.7. The predicted octanol–water partition coefficient (Wildman–Crippen LogP) is 6.60. The molecule has 13 heteroatoms. The number of carbonyl (C=O) groups excluding carboxylic acids is 2. The van der Waals surface area contributed by atoms with Gasteiger partial charge in [0.15, 0.2) is 5.54 Å². The maximum Gasteiger partial charge on any atom is 0.416 e. The van der Waals surface area contributed by atoms with Crippen LogP contribution in [0.5, 0.6) is 5.75 Å². The first kappa shape index (κ1) is 29.8. The molecule has 1 saturated heterocycles. The molecule has 1 aliphatic rings. The third-order valence-electron chi connectivity index (χ3n) is 6.64. The number of ether oxygens (including phenoxy) is 2. The van der Waals surface area contributed by atoms with E-state index >= 15 is 0 Å². The van der Waals surface area contributed by atoms with Crippen molar-refractivity contribution < 1.29 is 49.8 Å². The molecule has 3 aromatic rings. The van der Waals surface area contributed by atoms with E-state index < -0.39 is 65.0 Å². The molecule has 1 N–H and O–H groups in total. The van der Waals surface area contributed by atoms with Crippen molar-refractivity contribution in [2.24, 2.45) is 0 Å². The highest BCUT2D eigenvalue weighted by atomic mass is 19.4. The highest BCUT2D eigenvalue weighted by Gasteiger charge is 2.53. The van der Waals surface area contributed by atoms with E-state index in [4.69, 9.17) is 9.47 Å². The van der Waals surface area contributed by atoms with E-state index in [1.807, 2.05) is 0 Å². The van der Waals surface area contributed by atoms with Gasteiger partial charge in [-0.25, -0.2) is 9.18 Å². The number of alkyl halides is 6. The molecule has 0 unspecified atom stereocenters. The van der Waals surface area contributed by atoms with E-state index in [0.29, 0.717) is 23.4 Å². The Bertz CT molecular complexity index is 1390. The fraction of sp³-hybridized carbons (Fsp3) is 0.286. The number of halogens is 7. The van der Waals surface area contributed by atoms with Crippen LogP contribution in [0.3, 0.4) is 0 Å². The van der Waals surface area contributed by atoms with Crippen LogP contribution in [0.25, 0.3) is 0 Å². The van der Waals surface area contributed by atoms with Gasteiger partial charge in [-0.2, -0.15) is 26.3 Å². The first-order valence-corrected chi connectivity index (χ1v) is 12.1. The predicted molar refractivity (Wildman–Crippen MR) is 131 cm³/mol. The van der Waals surface area contributed by atoms with Crippen LogP contribution in [0.15, 0.2) is 66.7 Å². The summed E-state index contributed by atoms with van der Waals surface area (Å²) in [6, 6.07) is 11.2. The molecule has 0 radical (unpaired) electrons. The lowest BCUT2D eigenvalue weighted by Crippen LogP contribution is -2.48. The summed E-state index contributed by atoms with van der Waals surface area (Å²) in [4.78, 5) is 27.6. The van der Waals surface area contributed by atoms with E-state index in [1.54, 1.807) is 24.3 Å². The minimum absolute atomic E-state index is 0.00596. The lowest BCUT2D eigenvalue weighted by molar-refractivity contribution is -0.143. The van der Waals surface area contributed by atoms with E-state index in [-0.39, 0.29) is 18.2 Å². The fourth-order valence-electron chi connectivity index (χ4n) is 4.35. The van der Waals surface area contributed by atoms with Crippen LogP contribution in [0.2, 0.25) is 0 Å². The van der Waals surface area contributed by atoms with Crippen molar-refractivity contribution in [1.29, 1.82) is 0 Å². The number of nitrogens with zero attached hydrogens (tertiary/aromatic N) is 1. The zero-order chi connectivity index (χ0) is 30.2. The van der Waals surface area contributed by atoms with Crippen molar-refractivity contribution in [2.45, 2.75) is 37.5 Å². The molecule has 0 aromatic heterocycles. The SMILES string of the molecule is COc1ccc(CN2C(=O)N[C@](CO[C@H](C)c3cc(C(F)(F)F)cc(C(F)(F)F)c3)(c3ccc(F)cc3)C2=O)cc1. The Labute approximate surface area is 229 Å². The van der Waals surface area contributed by atoms with E-state index in [1.165, 1.54) is 26.2 Å². The molecule has 0 aliphatic carbocycles. The Morgan fingerprint density at radius 3 is 1.95 bits per heavy atom. The molecule has 0 saturated carbocycles. The Hall–Kier alpha value is -4.13. The molecule has 4 rings (SSSR count). The Morgan fingerprint density at radius 1 is 0.878 bits per heavy atom. The zero-order valence-corrected chi connectivity index (χ0v) is 21.6. The molecule has 1 heterocycles. The molecular formula is C28H23F7N2O4. The topological polar surface area (TPSA) is 67.9 Å². The zero-order valence-electron chi connectivity index (χ0n) is 21.6. The number of rotatable bonds is 8. The molecule has 0 spiro atoms. The summed E-state index contributed by atoms with van der Waals surface area (Å²) >= 11 is 0. The molecule has 3 aromatic carbocycles. The molecular weight excluding hydrogens is 561 g/mol. The first-order valence-electron chi connectivity index (χ1n) is 12.1. The van der Waals surface area contributed by atoms with Gasteiger partial charge in [0.05, 0.1) is 37.5 Å². The van der Waals surface area contributed by atoms with Gasteiger partial charge in [0.25, 0.3) is 5.91 Å². The normalized spacial score (nSPS) is 18.4. The Balaban J connectivity index is 1.66. The third-order valence-corrected chi connectivity index (χ3v) is 6.64. The van der Waals surface area contributed by atoms with E-state index in [0.717, 1.165) is 17.0 Å². The number of hydrogen-bond acceptors (Lipinski definition) is 4. The molecule has 41 heavy (non-hydrogen) atoms. The van der Waals surface area contributed by atoms with Crippen LogP contribution < -0.4 is 10.1 Å². The van der Waals surface area contributed by atoms with Crippen LogP contribution in [-0.4, -0.2) is 30.6 Å². The number of urea groups is 1. The average Bonchev–Trinajstić information content (AvgIpc) is 3.16. The van der Waals surface area contributed by atoms with Gasteiger partial charge in [0, 0.05) is 0 Å². The summed E-state index contributed by atoms with van der Waals surface area (Å²) in [6.07, 6.45) is -11.5. The van der Waals surface area contributed by atoms with E-state index in [2.05, 4.69) is 5.32 Å². The third kappa shape index (κ3) is 6.29. The Morgan fingerprint density at radius 2 is 1.44 bits per heavy atom. The molecule has 3 amide bonds. The van der Waals surface area contributed by atoms with Crippen molar-refractivity contribution in [2.75, 3.05) is 13.7 Å². The summed E-state index contributed by atoms with van der Waals surface area (Å²) in [5, 5.41) is 2.53. The van der Waals surface area contributed by atoms with Gasteiger partial charge in [-0.1, -0.05) is 24.3 Å². The minimum Gasteiger partial charge on any atom is -0.497 e. The average molecular weight is 584 g/mol. The standard InChI is InChI=1S/C28H23F7N2O4/c1-16(18-11-20(27(30,31)32)13-21(12-18)28(33,34)35)41-15-26(19-5-7-22(29)8-6-19)24(38)37(25(39)36-26)14-17-3-9-23(40-2)10-4-17/h3-13,16H,14-15H2,1-2H3,(H,36,39)/t16-,26-/m1/s1. The Kier molecular flexibility index (Phi) is 8.03. The summed E-state index contributed by atoms with van der Waals surface area (Å²) in [7, 11) is 1.47. The van der Waals surface area contributed by atoms with Crippen LogP contribution in [0.4, 0.5) is 35.5 Å². The number of hydrogen-bond donors (Lipinski definition) is 1. The lowest BCUT2D eigenvalue weighted by Gasteiger charge is -2.29. The lowest BCUT2D eigenvalue weighted by atomic mass is 9.90. The number of carbonyl (C=O) groups is 2. The molecule has 6 nitrogen and oxygen atoms in total.